The molecule has 0 atom stereocenters. The van der Waals surface area contributed by atoms with E-state index in [1.165, 1.54) is 6.07 Å². The second kappa shape index (κ2) is 6.33. The first kappa shape index (κ1) is 19.8. The Balaban J connectivity index is 3.28. The first-order valence-electron chi connectivity index (χ1n) is 6.35. The maximum atomic E-state index is 12.3. The molecule has 134 valence electrons. The molecule has 0 fully saturated rings. The van der Waals surface area contributed by atoms with Gasteiger partial charge >= 0.3 is 24.3 Å². The van der Waals surface area contributed by atoms with Gasteiger partial charge in [0.05, 0.1) is 0 Å². The smallest absolute Gasteiger partial charge is 0.416 e. The normalized spacial score (nSPS) is 12.7. The summed E-state index contributed by atoms with van der Waals surface area (Å²) in [5, 5.41) is 0. The molecule has 0 aromatic heterocycles. The highest BCUT2D eigenvalue weighted by atomic mass is 19.4. The lowest BCUT2D eigenvalue weighted by Crippen LogP contribution is -2.30. The predicted octanol–water partition coefficient (Wildman–Crippen LogP) is 3.92. The van der Waals surface area contributed by atoms with Crippen LogP contribution in [0.1, 0.15) is 26.3 Å². The minimum absolute atomic E-state index is 0.347. The Morgan fingerprint density at radius 1 is 0.792 bits per heavy atom. The van der Waals surface area contributed by atoms with Crippen LogP contribution in [0.3, 0.4) is 0 Å². The number of carbonyl (C=O) groups is 2. The highest BCUT2D eigenvalue weighted by Crippen LogP contribution is 2.35. The molecule has 0 bridgehead atoms. The van der Waals surface area contributed by atoms with Crippen LogP contribution in [0.25, 0.3) is 0 Å². The molecule has 0 aliphatic heterocycles. The van der Waals surface area contributed by atoms with Gasteiger partial charge in [-0.3, -0.25) is 0 Å². The van der Waals surface area contributed by atoms with Crippen LogP contribution in [0.5, 0.6) is 11.5 Å². The number of carbonyl (C=O) groups excluding carboxylic acids is 2. The first-order valence-corrected chi connectivity index (χ1v) is 6.35. The van der Waals surface area contributed by atoms with Crippen molar-refractivity contribution in [1.29, 1.82) is 0 Å². The van der Waals surface area contributed by atoms with Crippen molar-refractivity contribution in [2.75, 3.05) is 0 Å². The maximum Gasteiger partial charge on any atom is 0.491 e. The van der Waals surface area contributed by atoms with Crippen molar-refractivity contribution in [3.63, 3.8) is 0 Å². The van der Waals surface area contributed by atoms with Gasteiger partial charge in [-0.2, -0.15) is 26.3 Å². The van der Waals surface area contributed by atoms with Crippen LogP contribution >= 0.6 is 0 Å². The third kappa shape index (κ3) is 5.14. The van der Waals surface area contributed by atoms with Crippen LogP contribution in [0.4, 0.5) is 26.3 Å². The van der Waals surface area contributed by atoms with Crippen LogP contribution in [-0.2, 0) is 15.0 Å². The summed E-state index contributed by atoms with van der Waals surface area (Å²) >= 11 is 0. The SMILES string of the molecule is CC(C)(C)c1ccc(OC(=O)C(F)(F)F)c(OC(=O)C(F)(F)F)c1. The van der Waals surface area contributed by atoms with Crippen molar-refractivity contribution in [1.82, 2.24) is 0 Å². The van der Waals surface area contributed by atoms with Gasteiger partial charge in [-0.15, -0.1) is 0 Å². The molecule has 24 heavy (non-hydrogen) atoms. The second-order valence-electron chi connectivity index (χ2n) is 5.69. The number of hydrogen-bond acceptors (Lipinski definition) is 4. The number of hydrogen-bond donors (Lipinski definition) is 0. The van der Waals surface area contributed by atoms with Gasteiger partial charge in [-0.25, -0.2) is 9.59 Å². The quantitative estimate of drug-likeness (QED) is 0.457. The molecule has 0 radical (unpaired) electrons. The summed E-state index contributed by atoms with van der Waals surface area (Å²) in [6.07, 6.45) is -10.7. The van der Waals surface area contributed by atoms with E-state index in [4.69, 9.17) is 0 Å². The zero-order valence-electron chi connectivity index (χ0n) is 12.6. The van der Waals surface area contributed by atoms with E-state index >= 15 is 0 Å². The van der Waals surface area contributed by atoms with Crippen molar-refractivity contribution < 1.29 is 45.4 Å². The molecular formula is C14H12F6O4. The zero-order valence-corrected chi connectivity index (χ0v) is 12.6. The van der Waals surface area contributed by atoms with E-state index in [0.717, 1.165) is 12.1 Å². The Bertz CT molecular complexity index is 640. The average molecular weight is 358 g/mol. The van der Waals surface area contributed by atoms with Gasteiger partial charge in [0.25, 0.3) is 0 Å². The van der Waals surface area contributed by atoms with Crippen molar-refractivity contribution in [3.8, 4) is 11.5 Å². The topological polar surface area (TPSA) is 52.6 Å². The minimum atomic E-state index is -5.37. The molecule has 1 rings (SSSR count). The van der Waals surface area contributed by atoms with Gasteiger partial charge in [-0.05, 0) is 23.1 Å². The van der Waals surface area contributed by atoms with Crippen LogP contribution in [0.15, 0.2) is 18.2 Å². The molecule has 0 unspecified atom stereocenters. The lowest BCUT2D eigenvalue weighted by Gasteiger charge is -2.21. The lowest BCUT2D eigenvalue weighted by atomic mass is 9.87. The highest BCUT2D eigenvalue weighted by Gasteiger charge is 2.44. The van der Waals surface area contributed by atoms with Crippen molar-refractivity contribution in [2.45, 2.75) is 38.5 Å². The summed E-state index contributed by atoms with van der Waals surface area (Å²) in [6.45, 7) is 5.00. The van der Waals surface area contributed by atoms with E-state index in [0.29, 0.717) is 5.56 Å². The van der Waals surface area contributed by atoms with Crippen molar-refractivity contribution in [3.05, 3.63) is 23.8 Å². The number of alkyl halides is 6. The molecule has 0 aliphatic rings. The number of halogens is 6. The molecule has 0 aliphatic carbocycles. The summed E-state index contributed by atoms with van der Waals surface area (Å²) in [5.41, 5.74) is -0.273. The molecule has 0 spiro atoms. The Kier molecular flexibility index (Phi) is 5.22. The average Bonchev–Trinajstić information content (AvgIpc) is 2.37. The van der Waals surface area contributed by atoms with E-state index in [9.17, 15) is 35.9 Å². The molecule has 0 heterocycles. The number of rotatable bonds is 2. The van der Waals surface area contributed by atoms with Gasteiger partial charge in [0, 0.05) is 0 Å². The molecule has 0 saturated heterocycles. The van der Waals surface area contributed by atoms with Crippen LogP contribution in [0, 0.1) is 0 Å². The molecule has 10 heteroatoms. The third-order valence-electron chi connectivity index (χ3n) is 2.68. The van der Waals surface area contributed by atoms with E-state index in [2.05, 4.69) is 9.47 Å². The van der Waals surface area contributed by atoms with E-state index in [-0.39, 0.29) is 0 Å². The number of benzene rings is 1. The molecular weight excluding hydrogens is 346 g/mol. The van der Waals surface area contributed by atoms with Crippen LogP contribution in [0.2, 0.25) is 0 Å². The van der Waals surface area contributed by atoms with Gasteiger partial charge in [0.1, 0.15) is 0 Å². The van der Waals surface area contributed by atoms with E-state index in [1.54, 1.807) is 20.8 Å². The van der Waals surface area contributed by atoms with E-state index in [1.807, 2.05) is 0 Å². The fraction of sp³-hybridized carbons (Fsp3) is 0.429. The Morgan fingerprint density at radius 3 is 1.58 bits per heavy atom. The molecule has 0 saturated carbocycles. The Hall–Kier alpha value is -2.26. The third-order valence-corrected chi connectivity index (χ3v) is 2.68. The van der Waals surface area contributed by atoms with Crippen molar-refractivity contribution >= 4 is 11.9 Å². The summed E-state index contributed by atoms with van der Waals surface area (Å²) in [7, 11) is 0. The fourth-order valence-corrected chi connectivity index (χ4v) is 1.45. The van der Waals surface area contributed by atoms with E-state index < -0.39 is 41.2 Å². The largest absolute Gasteiger partial charge is 0.491 e. The maximum absolute atomic E-state index is 12.3. The lowest BCUT2D eigenvalue weighted by molar-refractivity contribution is -0.191. The Labute approximate surface area is 132 Å². The standard InChI is InChI=1S/C14H12F6O4/c1-12(2,3)7-4-5-8(23-10(21)13(15,16)17)9(6-7)24-11(22)14(18,19)20/h4-6H,1-3H3. The first-order chi connectivity index (χ1) is 10.6. The number of ether oxygens (including phenoxy) is 2. The molecule has 1 aromatic carbocycles. The zero-order chi connectivity index (χ0) is 18.9. The summed E-state index contributed by atoms with van der Waals surface area (Å²) in [5.74, 6) is -7.21. The summed E-state index contributed by atoms with van der Waals surface area (Å²) in [6, 6.07) is 2.97. The highest BCUT2D eigenvalue weighted by molar-refractivity contribution is 5.81. The molecule has 4 nitrogen and oxygen atoms in total. The summed E-state index contributed by atoms with van der Waals surface area (Å²) in [4.78, 5) is 21.8. The predicted molar refractivity (Wildman–Crippen MR) is 68.5 cm³/mol. The van der Waals surface area contributed by atoms with Crippen LogP contribution < -0.4 is 9.47 Å². The van der Waals surface area contributed by atoms with Gasteiger partial charge in [0.15, 0.2) is 11.5 Å². The fourth-order valence-electron chi connectivity index (χ4n) is 1.45. The second-order valence-corrected chi connectivity index (χ2v) is 5.69. The van der Waals surface area contributed by atoms with Gasteiger partial charge in [-0.1, -0.05) is 26.8 Å². The summed E-state index contributed by atoms with van der Waals surface area (Å²) < 4.78 is 81.6. The van der Waals surface area contributed by atoms with Gasteiger partial charge in [0.2, 0.25) is 0 Å². The number of esters is 2. The molecule has 1 aromatic rings. The Morgan fingerprint density at radius 2 is 1.21 bits per heavy atom. The van der Waals surface area contributed by atoms with Crippen molar-refractivity contribution in [2.24, 2.45) is 0 Å². The molecule has 0 N–H and O–H groups in total. The monoisotopic (exact) mass is 358 g/mol. The minimum Gasteiger partial charge on any atom is -0.416 e. The van der Waals surface area contributed by atoms with Crippen LogP contribution in [-0.4, -0.2) is 24.3 Å². The molecule has 0 amide bonds. The van der Waals surface area contributed by atoms with Gasteiger partial charge < -0.3 is 9.47 Å².